The van der Waals surface area contributed by atoms with E-state index >= 15 is 0 Å². The van der Waals surface area contributed by atoms with Crippen LogP contribution in [0.15, 0.2) is 47.6 Å². The van der Waals surface area contributed by atoms with E-state index in [1.807, 2.05) is 18.0 Å². The van der Waals surface area contributed by atoms with E-state index in [2.05, 4.69) is 58.1 Å². The fraction of sp³-hybridized carbons (Fsp3) is 0.471. The molecule has 112 valence electrons. The van der Waals surface area contributed by atoms with E-state index in [0.717, 1.165) is 0 Å². The van der Waals surface area contributed by atoms with Crippen LogP contribution >= 0.6 is 11.8 Å². The Morgan fingerprint density at radius 3 is 2.62 bits per heavy atom. The second-order valence-corrected chi connectivity index (χ2v) is 6.90. The lowest BCUT2D eigenvalue weighted by Crippen LogP contribution is -2.36. The molecule has 0 N–H and O–H groups in total. The van der Waals surface area contributed by atoms with Gasteiger partial charge < -0.3 is 4.90 Å². The summed E-state index contributed by atoms with van der Waals surface area (Å²) in [5, 5.41) is 4.46. The van der Waals surface area contributed by atoms with Crippen molar-refractivity contribution < 1.29 is 0 Å². The number of benzene rings is 1. The van der Waals surface area contributed by atoms with Gasteiger partial charge in [0.1, 0.15) is 0 Å². The average Bonchev–Trinajstić information content (AvgIpc) is 2.96. The molecule has 2 heterocycles. The molecule has 0 atom stereocenters. The number of hydrogen-bond acceptors (Lipinski definition) is 3. The number of rotatable bonds is 5. The summed E-state index contributed by atoms with van der Waals surface area (Å²) in [6, 6.07) is 11.3. The Labute approximate surface area is 131 Å². The van der Waals surface area contributed by atoms with E-state index < -0.39 is 0 Å². The molecular weight excluding hydrogens is 278 g/mol. The minimum Gasteiger partial charge on any atom is -0.302 e. The second-order valence-electron chi connectivity index (χ2n) is 5.73. The summed E-state index contributed by atoms with van der Waals surface area (Å²) in [7, 11) is 0. The van der Waals surface area contributed by atoms with Gasteiger partial charge in [-0.2, -0.15) is 5.10 Å². The summed E-state index contributed by atoms with van der Waals surface area (Å²) in [6.45, 7) is 5.68. The minimum absolute atomic E-state index is 0.594. The molecule has 1 fully saturated rings. The summed E-state index contributed by atoms with van der Waals surface area (Å²) in [4.78, 5) is 3.96. The van der Waals surface area contributed by atoms with E-state index in [-0.39, 0.29) is 0 Å². The second kappa shape index (κ2) is 7.14. The largest absolute Gasteiger partial charge is 0.302 e. The molecule has 1 aromatic carbocycles. The summed E-state index contributed by atoms with van der Waals surface area (Å²) in [5.41, 5.74) is 1.26. The number of likely N-dealkylation sites (tertiary alicyclic amines) is 1. The summed E-state index contributed by atoms with van der Waals surface area (Å²) in [5.74, 6) is 1.18. The van der Waals surface area contributed by atoms with Crippen molar-refractivity contribution in [2.24, 2.45) is 0 Å². The van der Waals surface area contributed by atoms with Crippen LogP contribution in [0.1, 0.15) is 24.4 Å². The smallest absolute Gasteiger partial charge is 0.0543 e. The van der Waals surface area contributed by atoms with E-state index in [4.69, 9.17) is 0 Å². The summed E-state index contributed by atoms with van der Waals surface area (Å²) in [6.07, 6.45) is 6.57. The Kier molecular flexibility index (Phi) is 4.99. The van der Waals surface area contributed by atoms with Crippen LogP contribution in [0.2, 0.25) is 0 Å². The van der Waals surface area contributed by atoms with E-state index in [1.165, 1.54) is 48.7 Å². The molecule has 1 aliphatic rings. The molecule has 3 rings (SSSR count). The average molecular weight is 301 g/mol. The molecule has 1 aromatic heterocycles. The van der Waals surface area contributed by atoms with Crippen LogP contribution in [-0.2, 0) is 0 Å². The first-order valence-electron chi connectivity index (χ1n) is 7.72. The van der Waals surface area contributed by atoms with Gasteiger partial charge in [0.05, 0.1) is 12.2 Å². The lowest BCUT2D eigenvalue weighted by Gasteiger charge is -2.31. The van der Waals surface area contributed by atoms with Crippen LogP contribution < -0.4 is 0 Å². The molecule has 0 amide bonds. The van der Waals surface area contributed by atoms with Gasteiger partial charge in [-0.15, -0.1) is 11.8 Å². The molecule has 0 radical (unpaired) electrons. The zero-order chi connectivity index (χ0) is 14.5. The molecular formula is C17H23N3S. The number of thioether (sulfide) groups is 1. The predicted molar refractivity (Wildman–Crippen MR) is 88.8 cm³/mol. The number of aryl methyl sites for hydroxylation is 1. The fourth-order valence-electron chi connectivity index (χ4n) is 2.85. The van der Waals surface area contributed by atoms with Crippen molar-refractivity contribution in [2.45, 2.75) is 30.7 Å². The highest BCUT2D eigenvalue weighted by atomic mass is 32.2. The highest BCUT2D eigenvalue weighted by Gasteiger charge is 2.20. The first kappa shape index (κ1) is 14.7. The monoisotopic (exact) mass is 301 g/mol. The Balaban J connectivity index is 1.40. The maximum absolute atomic E-state index is 4.46. The van der Waals surface area contributed by atoms with E-state index in [9.17, 15) is 0 Å². The van der Waals surface area contributed by atoms with Gasteiger partial charge in [0.15, 0.2) is 0 Å². The van der Waals surface area contributed by atoms with Gasteiger partial charge in [-0.05, 0) is 37.5 Å². The zero-order valence-corrected chi connectivity index (χ0v) is 13.4. The molecule has 0 unspecified atom stereocenters. The molecule has 0 aliphatic carbocycles. The van der Waals surface area contributed by atoms with Gasteiger partial charge in [-0.1, -0.05) is 18.2 Å². The van der Waals surface area contributed by atoms with Crippen LogP contribution in [0.3, 0.4) is 0 Å². The van der Waals surface area contributed by atoms with Gasteiger partial charge in [-0.3, -0.25) is 4.68 Å². The SMILES string of the molecule is Cc1cnn(C2CCN(CCSc3ccccc3)CC2)c1. The summed E-state index contributed by atoms with van der Waals surface area (Å²) < 4.78 is 2.16. The molecule has 0 saturated carbocycles. The Morgan fingerprint density at radius 1 is 1.19 bits per heavy atom. The van der Waals surface area contributed by atoms with Crippen molar-refractivity contribution in [3.8, 4) is 0 Å². The minimum atomic E-state index is 0.594. The molecule has 0 spiro atoms. The van der Waals surface area contributed by atoms with Crippen LogP contribution in [0, 0.1) is 6.92 Å². The number of aromatic nitrogens is 2. The highest BCUT2D eigenvalue weighted by Crippen LogP contribution is 2.23. The number of piperidine rings is 1. The van der Waals surface area contributed by atoms with Gasteiger partial charge in [0.25, 0.3) is 0 Å². The molecule has 2 aromatic rings. The molecule has 21 heavy (non-hydrogen) atoms. The first-order valence-corrected chi connectivity index (χ1v) is 8.71. The van der Waals surface area contributed by atoms with Gasteiger partial charge in [-0.25, -0.2) is 0 Å². The fourth-order valence-corrected chi connectivity index (χ4v) is 3.78. The third kappa shape index (κ3) is 4.11. The number of nitrogens with zero attached hydrogens (tertiary/aromatic N) is 3. The normalized spacial score (nSPS) is 17.2. The topological polar surface area (TPSA) is 21.1 Å². The maximum Gasteiger partial charge on any atom is 0.0543 e. The third-order valence-corrected chi connectivity index (χ3v) is 5.07. The zero-order valence-electron chi connectivity index (χ0n) is 12.6. The maximum atomic E-state index is 4.46. The van der Waals surface area contributed by atoms with Crippen molar-refractivity contribution in [1.29, 1.82) is 0 Å². The molecule has 1 saturated heterocycles. The molecule has 1 aliphatic heterocycles. The van der Waals surface area contributed by atoms with Gasteiger partial charge in [0, 0.05) is 36.5 Å². The van der Waals surface area contributed by atoms with Gasteiger partial charge >= 0.3 is 0 Å². The van der Waals surface area contributed by atoms with Gasteiger partial charge in [0.2, 0.25) is 0 Å². The number of hydrogen-bond donors (Lipinski definition) is 0. The Bertz CT molecular complexity index is 544. The van der Waals surface area contributed by atoms with E-state index in [1.54, 1.807) is 0 Å². The quantitative estimate of drug-likeness (QED) is 0.787. The Hall–Kier alpha value is -1.26. The van der Waals surface area contributed by atoms with Crippen LogP contribution in [0.4, 0.5) is 0 Å². The van der Waals surface area contributed by atoms with Crippen molar-refractivity contribution in [2.75, 3.05) is 25.4 Å². The lowest BCUT2D eigenvalue weighted by molar-refractivity contribution is 0.189. The lowest BCUT2D eigenvalue weighted by atomic mass is 10.1. The summed E-state index contributed by atoms with van der Waals surface area (Å²) >= 11 is 1.96. The van der Waals surface area contributed by atoms with Crippen LogP contribution in [-0.4, -0.2) is 40.1 Å². The third-order valence-electron chi connectivity index (χ3n) is 4.08. The van der Waals surface area contributed by atoms with Crippen molar-refractivity contribution >= 4 is 11.8 Å². The van der Waals surface area contributed by atoms with Crippen molar-refractivity contribution in [3.05, 3.63) is 48.3 Å². The van der Waals surface area contributed by atoms with Crippen molar-refractivity contribution in [3.63, 3.8) is 0 Å². The van der Waals surface area contributed by atoms with E-state index in [0.29, 0.717) is 6.04 Å². The predicted octanol–water partition coefficient (Wildman–Crippen LogP) is 3.62. The molecule has 0 bridgehead atoms. The molecule has 3 nitrogen and oxygen atoms in total. The van der Waals surface area contributed by atoms with Crippen LogP contribution in [0.25, 0.3) is 0 Å². The first-order chi connectivity index (χ1) is 10.3. The standard InChI is InChI=1S/C17H23N3S/c1-15-13-18-20(14-15)16-7-9-19(10-8-16)11-12-21-17-5-3-2-4-6-17/h2-6,13-14,16H,7-12H2,1H3. The van der Waals surface area contributed by atoms with Crippen LogP contribution in [0.5, 0.6) is 0 Å². The highest BCUT2D eigenvalue weighted by molar-refractivity contribution is 7.99. The van der Waals surface area contributed by atoms with Crippen molar-refractivity contribution in [1.82, 2.24) is 14.7 Å². The molecule has 4 heteroatoms. The Morgan fingerprint density at radius 2 is 1.95 bits per heavy atom.